The summed E-state index contributed by atoms with van der Waals surface area (Å²) in [6, 6.07) is 3.10. The molecule has 4 rings (SSSR count). The largest absolute Gasteiger partial charge is 0.476 e. The van der Waals surface area contributed by atoms with Crippen LogP contribution in [0.4, 0.5) is 0 Å². The van der Waals surface area contributed by atoms with Gasteiger partial charge in [-0.2, -0.15) is 4.98 Å². The minimum Gasteiger partial charge on any atom is -0.476 e. The molecule has 1 aromatic rings. The molecule has 3 heterocycles. The second kappa shape index (κ2) is 5.61. The van der Waals surface area contributed by atoms with Crippen LogP contribution in [0.2, 0.25) is 0 Å². The van der Waals surface area contributed by atoms with E-state index in [0.29, 0.717) is 19.0 Å². The molecule has 2 aliphatic heterocycles. The predicted octanol–water partition coefficient (Wildman–Crippen LogP) is 0.759. The molecule has 0 radical (unpaired) electrons. The van der Waals surface area contributed by atoms with E-state index >= 15 is 0 Å². The zero-order valence-corrected chi connectivity index (χ0v) is 13.8. The lowest BCUT2D eigenvalue weighted by Gasteiger charge is -2.16. The van der Waals surface area contributed by atoms with Crippen molar-refractivity contribution in [2.75, 3.05) is 32.8 Å². The smallest absolute Gasteiger partial charge is 0.246 e. The van der Waals surface area contributed by atoms with Gasteiger partial charge in [0.05, 0.1) is 6.54 Å². The minimum absolute atomic E-state index is 0.0909. The number of ether oxygens (including phenoxy) is 2. The fraction of sp³-hybridized carbons (Fsp3) is 0.667. The number of likely N-dealkylation sites (tertiary alicyclic amines) is 1. The van der Waals surface area contributed by atoms with Crippen molar-refractivity contribution >= 4 is 10.0 Å². The summed E-state index contributed by atoms with van der Waals surface area (Å²) in [5, 5.41) is 0. The van der Waals surface area contributed by atoms with Crippen LogP contribution in [0.1, 0.15) is 25.7 Å². The zero-order chi connectivity index (χ0) is 15.9. The summed E-state index contributed by atoms with van der Waals surface area (Å²) < 4.78 is 38.6. The molecule has 1 spiro atoms. The monoisotopic (exact) mass is 339 g/mol. The molecular formula is C15H21N3O4S. The molecule has 2 fully saturated rings. The van der Waals surface area contributed by atoms with Crippen LogP contribution in [-0.2, 0) is 10.0 Å². The van der Waals surface area contributed by atoms with Gasteiger partial charge in [0.1, 0.15) is 17.1 Å². The standard InChI is InChI=1S/C15H21N3O4S/c19-23(20)12-3-4-13(21-10-9-18-7-1-2-8-18)17-14(12)22-15(5-6-15)11-16-23/h3-4,16H,1-2,5-11H2. The first kappa shape index (κ1) is 15.2. The molecule has 1 saturated heterocycles. The van der Waals surface area contributed by atoms with Crippen molar-refractivity contribution < 1.29 is 17.9 Å². The van der Waals surface area contributed by atoms with Gasteiger partial charge in [-0.25, -0.2) is 13.1 Å². The molecule has 1 aliphatic carbocycles. The van der Waals surface area contributed by atoms with E-state index < -0.39 is 15.6 Å². The van der Waals surface area contributed by atoms with Gasteiger partial charge in [-0.05, 0) is 44.8 Å². The van der Waals surface area contributed by atoms with Crippen LogP contribution < -0.4 is 14.2 Å². The number of fused-ring (bicyclic) bond motifs is 1. The molecule has 0 aromatic carbocycles. The van der Waals surface area contributed by atoms with Crippen LogP contribution in [0.25, 0.3) is 0 Å². The van der Waals surface area contributed by atoms with Crippen molar-refractivity contribution in [3.8, 4) is 11.8 Å². The summed E-state index contributed by atoms with van der Waals surface area (Å²) >= 11 is 0. The summed E-state index contributed by atoms with van der Waals surface area (Å²) in [6.07, 6.45) is 4.18. The van der Waals surface area contributed by atoms with E-state index in [1.54, 1.807) is 6.07 Å². The average molecular weight is 339 g/mol. The summed E-state index contributed by atoms with van der Waals surface area (Å²) in [4.78, 5) is 6.73. The highest BCUT2D eigenvalue weighted by Gasteiger charge is 2.49. The number of pyridine rings is 1. The lowest BCUT2D eigenvalue weighted by atomic mass is 10.3. The Balaban J connectivity index is 1.49. The quantitative estimate of drug-likeness (QED) is 0.872. The molecule has 0 amide bonds. The maximum Gasteiger partial charge on any atom is 0.246 e. The molecule has 0 bridgehead atoms. The Kier molecular flexibility index (Phi) is 3.70. The molecule has 8 heteroatoms. The maximum atomic E-state index is 12.2. The minimum atomic E-state index is -3.56. The van der Waals surface area contributed by atoms with Crippen LogP contribution in [0, 0.1) is 0 Å². The third-order valence-corrected chi connectivity index (χ3v) is 6.06. The summed E-state index contributed by atoms with van der Waals surface area (Å²) in [7, 11) is -3.56. The Morgan fingerprint density at radius 1 is 1.30 bits per heavy atom. The Bertz CT molecular complexity index is 697. The highest BCUT2D eigenvalue weighted by Crippen LogP contribution is 2.43. The lowest BCUT2D eigenvalue weighted by Crippen LogP contribution is -2.33. The first-order chi connectivity index (χ1) is 11.1. The first-order valence-corrected chi connectivity index (χ1v) is 9.60. The van der Waals surface area contributed by atoms with Gasteiger partial charge in [0.2, 0.25) is 21.8 Å². The predicted molar refractivity (Wildman–Crippen MR) is 83.2 cm³/mol. The Hall–Kier alpha value is -1.38. The summed E-state index contributed by atoms with van der Waals surface area (Å²) in [5.74, 6) is 0.571. The highest BCUT2D eigenvalue weighted by atomic mass is 32.2. The highest BCUT2D eigenvalue weighted by molar-refractivity contribution is 7.89. The molecular weight excluding hydrogens is 318 g/mol. The normalized spacial score (nSPS) is 24.7. The zero-order valence-electron chi connectivity index (χ0n) is 13.0. The van der Waals surface area contributed by atoms with Crippen molar-refractivity contribution in [2.24, 2.45) is 0 Å². The number of hydrogen-bond acceptors (Lipinski definition) is 6. The van der Waals surface area contributed by atoms with Crippen molar-refractivity contribution in [1.29, 1.82) is 0 Å². The van der Waals surface area contributed by atoms with Crippen LogP contribution in [-0.4, -0.2) is 56.7 Å². The van der Waals surface area contributed by atoms with Crippen molar-refractivity contribution in [3.05, 3.63) is 12.1 Å². The van der Waals surface area contributed by atoms with Crippen molar-refractivity contribution in [1.82, 2.24) is 14.6 Å². The van der Waals surface area contributed by atoms with Gasteiger partial charge in [0.25, 0.3) is 0 Å². The molecule has 0 atom stereocenters. The van der Waals surface area contributed by atoms with E-state index in [1.807, 2.05) is 0 Å². The molecule has 1 aromatic heterocycles. The van der Waals surface area contributed by atoms with Crippen LogP contribution in [0.5, 0.6) is 11.8 Å². The molecule has 126 valence electrons. The number of nitrogens with one attached hydrogen (secondary N) is 1. The molecule has 1 saturated carbocycles. The van der Waals surface area contributed by atoms with E-state index in [1.165, 1.54) is 18.9 Å². The van der Waals surface area contributed by atoms with Gasteiger partial charge in [0.15, 0.2) is 0 Å². The van der Waals surface area contributed by atoms with E-state index in [2.05, 4.69) is 14.6 Å². The Morgan fingerprint density at radius 3 is 2.83 bits per heavy atom. The van der Waals surface area contributed by atoms with E-state index in [0.717, 1.165) is 32.5 Å². The van der Waals surface area contributed by atoms with Gasteiger partial charge in [-0.3, -0.25) is 4.90 Å². The summed E-state index contributed by atoms with van der Waals surface area (Å²) in [5.41, 5.74) is -0.417. The van der Waals surface area contributed by atoms with E-state index in [4.69, 9.17) is 9.47 Å². The Labute approximate surface area is 136 Å². The molecule has 0 unspecified atom stereocenters. The molecule has 7 nitrogen and oxygen atoms in total. The summed E-state index contributed by atoms with van der Waals surface area (Å²) in [6.45, 7) is 3.95. The average Bonchev–Trinajstić information content (AvgIpc) is 3.11. The number of rotatable bonds is 4. The fourth-order valence-corrected chi connectivity index (χ4v) is 4.19. The third-order valence-electron chi connectivity index (χ3n) is 4.65. The number of nitrogens with zero attached hydrogens (tertiary/aromatic N) is 2. The van der Waals surface area contributed by atoms with Gasteiger partial charge in [-0.1, -0.05) is 0 Å². The second-order valence-electron chi connectivity index (χ2n) is 6.46. The molecule has 23 heavy (non-hydrogen) atoms. The number of sulfonamides is 1. The topological polar surface area (TPSA) is 80.8 Å². The van der Waals surface area contributed by atoms with Crippen LogP contribution in [0.15, 0.2) is 17.0 Å². The molecule has 1 N–H and O–H groups in total. The van der Waals surface area contributed by atoms with E-state index in [-0.39, 0.29) is 10.8 Å². The lowest BCUT2D eigenvalue weighted by molar-refractivity contribution is 0.169. The Morgan fingerprint density at radius 2 is 2.09 bits per heavy atom. The maximum absolute atomic E-state index is 12.2. The van der Waals surface area contributed by atoms with Gasteiger partial charge in [-0.15, -0.1) is 0 Å². The van der Waals surface area contributed by atoms with Gasteiger partial charge in [0, 0.05) is 12.6 Å². The van der Waals surface area contributed by atoms with Crippen LogP contribution >= 0.6 is 0 Å². The van der Waals surface area contributed by atoms with Gasteiger partial charge >= 0.3 is 0 Å². The van der Waals surface area contributed by atoms with Crippen molar-refractivity contribution in [3.63, 3.8) is 0 Å². The number of hydrogen-bond donors (Lipinski definition) is 1. The second-order valence-corrected chi connectivity index (χ2v) is 8.19. The van der Waals surface area contributed by atoms with Crippen molar-refractivity contribution in [2.45, 2.75) is 36.2 Å². The van der Waals surface area contributed by atoms with Gasteiger partial charge < -0.3 is 9.47 Å². The van der Waals surface area contributed by atoms with E-state index in [9.17, 15) is 8.42 Å². The first-order valence-electron chi connectivity index (χ1n) is 8.11. The fourth-order valence-electron chi connectivity index (χ4n) is 3.02. The third kappa shape index (κ3) is 3.15. The number of aromatic nitrogens is 1. The van der Waals surface area contributed by atoms with Crippen LogP contribution in [0.3, 0.4) is 0 Å². The molecule has 3 aliphatic rings. The SMILES string of the molecule is O=S1(=O)NCC2(CC2)Oc2nc(OCCN3CCCC3)ccc21.